The van der Waals surface area contributed by atoms with Crippen LogP contribution in [-0.2, 0) is 4.79 Å². The van der Waals surface area contributed by atoms with Gasteiger partial charge in [0.05, 0.1) is 0 Å². The number of likely N-dealkylation sites (tertiary alicyclic amines) is 1. The van der Waals surface area contributed by atoms with E-state index in [0.29, 0.717) is 0 Å². The van der Waals surface area contributed by atoms with Gasteiger partial charge in [0.2, 0.25) is 0 Å². The zero-order chi connectivity index (χ0) is 12.3. The summed E-state index contributed by atoms with van der Waals surface area (Å²) >= 11 is 0. The monoisotopic (exact) mass is 238 g/mol. The number of carbonyl (C=O) groups is 1. The van der Waals surface area contributed by atoms with Gasteiger partial charge in [-0.3, -0.25) is 9.69 Å². The van der Waals surface area contributed by atoms with Crippen molar-refractivity contribution >= 4 is 5.91 Å². The average molecular weight is 238 g/mol. The highest BCUT2D eigenvalue weighted by Gasteiger charge is 2.42. The first kappa shape index (κ1) is 13.3. The van der Waals surface area contributed by atoms with Crippen molar-refractivity contribution in [2.45, 2.75) is 32.0 Å². The second-order valence-electron chi connectivity index (χ2n) is 4.11. The lowest BCUT2D eigenvalue weighted by atomic mass is 10.2. The van der Waals surface area contributed by atoms with Gasteiger partial charge in [-0.15, -0.1) is 0 Å². The Morgan fingerprint density at radius 3 is 2.62 bits per heavy atom. The van der Waals surface area contributed by atoms with Crippen LogP contribution in [0.5, 0.6) is 0 Å². The van der Waals surface area contributed by atoms with Crippen molar-refractivity contribution in [3.63, 3.8) is 0 Å². The molecule has 0 spiro atoms. The molecule has 0 saturated carbocycles. The quantitative estimate of drug-likeness (QED) is 0.743. The van der Waals surface area contributed by atoms with Crippen molar-refractivity contribution in [1.29, 1.82) is 0 Å². The summed E-state index contributed by atoms with van der Waals surface area (Å²) in [4.78, 5) is 13.8. The van der Waals surface area contributed by atoms with E-state index >= 15 is 0 Å². The van der Waals surface area contributed by atoms with Gasteiger partial charge in [-0.1, -0.05) is 6.92 Å². The summed E-state index contributed by atoms with van der Waals surface area (Å²) in [5, 5.41) is 0. The lowest BCUT2D eigenvalue weighted by molar-refractivity contribution is -0.184. The maximum atomic E-state index is 12.1. The molecule has 1 rings (SSSR count). The number of carbonyl (C=O) groups excluding carboxylic acids is 1. The van der Waals surface area contributed by atoms with Crippen LogP contribution in [0.15, 0.2) is 0 Å². The summed E-state index contributed by atoms with van der Waals surface area (Å²) in [5.41, 5.74) is 0. The first-order valence-electron chi connectivity index (χ1n) is 5.42. The predicted octanol–water partition coefficient (Wildman–Crippen LogP) is 1.49. The summed E-state index contributed by atoms with van der Waals surface area (Å²) in [7, 11) is 1.21. The zero-order valence-electron chi connectivity index (χ0n) is 9.55. The normalized spacial score (nSPS) is 22.4. The van der Waals surface area contributed by atoms with E-state index in [2.05, 4.69) is 4.90 Å². The van der Waals surface area contributed by atoms with Gasteiger partial charge in [0.15, 0.2) is 0 Å². The third-order valence-corrected chi connectivity index (χ3v) is 2.98. The van der Waals surface area contributed by atoms with E-state index in [0.717, 1.165) is 30.8 Å². The molecule has 0 aromatic carbocycles. The highest BCUT2D eigenvalue weighted by molar-refractivity contribution is 5.81. The molecule has 16 heavy (non-hydrogen) atoms. The third-order valence-electron chi connectivity index (χ3n) is 2.98. The Labute approximate surface area is 93.2 Å². The Morgan fingerprint density at radius 1 is 1.50 bits per heavy atom. The average Bonchev–Trinajstić information content (AvgIpc) is 2.62. The molecule has 1 aliphatic rings. The summed E-state index contributed by atoms with van der Waals surface area (Å²) in [5.74, 6) is -1.75. The second-order valence-corrected chi connectivity index (χ2v) is 4.11. The second kappa shape index (κ2) is 5.03. The van der Waals surface area contributed by atoms with E-state index in [1.807, 2.05) is 6.92 Å². The molecule has 0 aromatic heterocycles. The topological polar surface area (TPSA) is 23.6 Å². The van der Waals surface area contributed by atoms with Gasteiger partial charge < -0.3 is 4.90 Å². The lowest BCUT2D eigenvalue weighted by Crippen LogP contribution is -2.45. The lowest BCUT2D eigenvalue weighted by Gasteiger charge is -2.28. The van der Waals surface area contributed by atoms with E-state index in [9.17, 15) is 18.0 Å². The first-order chi connectivity index (χ1) is 7.36. The summed E-state index contributed by atoms with van der Waals surface area (Å²) in [6, 6.07) is 0.0706. The molecule has 1 saturated heterocycles. The maximum absolute atomic E-state index is 12.1. The molecular weight excluding hydrogens is 221 g/mol. The number of hydrogen-bond acceptors (Lipinski definition) is 2. The maximum Gasteiger partial charge on any atom is 0.471 e. The molecule has 1 atom stereocenters. The smallest absolute Gasteiger partial charge is 0.336 e. The molecule has 1 aliphatic heterocycles. The fourth-order valence-electron chi connectivity index (χ4n) is 2.13. The van der Waals surface area contributed by atoms with Crippen molar-refractivity contribution in [1.82, 2.24) is 9.80 Å². The Balaban J connectivity index is 2.51. The number of alkyl halides is 3. The number of rotatable bonds is 3. The third kappa shape index (κ3) is 3.10. The Kier molecular flexibility index (Phi) is 4.18. The minimum absolute atomic E-state index is 0.0706. The van der Waals surface area contributed by atoms with E-state index in [-0.39, 0.29) is 12.6 Å². The summed E-state index contributed by atoms with van der Waals surface area (Å²) in [6.07, 6.45) is -2.90. The fraction of sp³-hybridized carbons (Fsp3) is 0.900. The van der Waals surface area contributed by atoms with E-state index < -0.39 is 12.1 Å². The number of hydrogen-bond donors (Lipinski definition) is 0. The summed E-state index contributed by atoms with van der Waals surface area (Å²) in [6.45, 7) is 3.87. The van der Waals surface area contributed by atoms with Gasteiger partial charge >= 0.3 is 12.1 Å². The predicted molar refractivity (Wildman–Crippen MR) is 54.0 cm³/mol. The van der Waals surface area contributed by atoms with Crippen LogP contribution in [0, 0.1) is 0 Å². The number of halogens is 3. The van der Waals surface area contributed by atoms with E-state index in [1.54, 1.807) is 0 Å². The van der Waals surface area contributed by atoms with Crippen LogP contribution in [-0.4, -0.2) is 54.6 Å². The van der Waals surface area contributed by atoms with Crippen LogP contribution in [0.2, 0.25) is 0 Å². The van der Waals surface area contributed by atoms with Gasteiger partial charge in [-0.2, -0.15) is 13.2 Å². The Morgan fingerprint density at radius 2 is 2.12 bits per heavy atom. The van der Waals surface area contributed by atoms with Gasteiger partial charge in [0.1, 0.15) is 0 Å². The van der Waals surface area contributed by atoms with E-state index in [1.165, 1.54) is 7.05 Å². The van der Waals surface area contributed by atoms with Gasteiger partial charge in [0.25, 0.3) is 0 Å². The molecule has 0 aromatic rings. The SMILES string of the molecule is CCN1CCCC1CN(C)C(=O)C(F)(F)F. The Bertz CT molecular complexity index is 255. The standard InChI is InChI=1S/C10H17F3N2O/c1-3-15-6-4-5-8(15)7-14(2)9(16)10(11,12)13/h8H,3-7H2,1-2H3. The van der Waals surface area contributed by atoms with Gasteiger partial charge in [-0.05, 0) is 25.9 Å². The highest BCUT2D eigenvalue weighted by atomic mass is 19.4. The molecule has 1 heterocycles. The first-order valence-corrected chi connectivity index (χ1v) is 5.42. The molecule has 0 bridgehead atoms. The number of amides is 1. The molecule has 1 amide bonds. The highest BCUT2D eigenvalue weighted by Crippen LogP contribution is 2.21. The van der Waals surface area contributed by atoms with Crippen molar-refractivity contribution in [2.24, 2.45) is 0 Å². The molecule has 3 nitrogen and oxygen atoms in total. The van der Waals surface area contributed by atoms with Crippen LogP contribution in [0.3, 0.4) is 0 Å². The molecule has 0 aliphatic carbocycles. The van der Waals surface area contributed by atoms with Crippen molar-refractivity contribution in [3.05, 3.63) is 0 Å². The van der Waals surface area contributed by atoms with Crippen LogP contribution in [0.25, 0.3) is 0 Å². The Hall–Kier alpha value is -0.780. The van der Waals surface area contributed by atoms with Crippen molar-refractivity contribution < 1.29 is 18.0 Å². The summed E-state index contributed by atoms with van der Waals surface area (Å²) < 4.78 is 36.4. The molecule has 1 unspecified atom stereocenters. The van der Waals surface area contributed by atoms with Crippen LogP contribution in [0.1, 0.15) is 19.8 Å². The van der Waals surface area contributed by atoms with Crippen molar-refractivity contribution in [2.75, 3.05) is 26.7 Å². The molecule has 94 valence electrons. The van der Waals surface area contributed by atoms with E-state index in [4.69, 9.17) is 0 Å². The fourth-order valence-corrected chi connectivity index (χ4v) is 2.13. The van der Waals surface area contributed by atoms with Crippen LogP contribution >= 0.6 is 0 Å². The molecule has 1 fully saturated rings. The minimum Gasteiger partial charge on any atom is -0.336 e. The number of nitrogens with zero attached hydrogens (tertiary/aromatic N) is 2. The number of likely N-dealkylation sites (N-methyl/N-ethyl adjacent to an activating group) is 2. The molecule has 0 radical (unpaired) electrons. The zero-order valence-corrected chi connectivity index (χ0v) is 9.55. The molecular formula is C10H17F3N2O. The van der Waals surface area contributed by atoms with Gasteiger partial charge in [0, 0.05) is 19.6 Å². The van der Waals surface area contributed by atoms with Crippen LogP contribution < -0.4 is 0 Å². The minimum atomic E-state index is -4.76. The molecule has 6 heteroatoms. The van der Waals surface area contributed by atoms with Gasteiger partial charge in [-0.25, -0.2) is 0 Å². The largest absolute Gasteiger partial charge is 0.471 e. The van der Waals surface area contributed by atoms with Crippen molar-refractivity contribution in [3.8, 4) is 0 Å². The molecule has 0 N–H and O–H groups in total. The van der Waals surface area contributed by atoms with Crippen LogP contribution in [0.4, 0.5) is 13.2 Å².